The second kappa shape index (κ2) is 37.5. The van der Waals surface area contributed by atoms with Gasteiger partial charge < -0.3 is 36.3 Å². The third-order valence-electron chi connectivity index (χ3n) is 0.947. The molecule has 0 aliphatic carbocycles. The first-order valence-corrected chi connectivity index (χ1v) is 7.17. The summed E-state index contributed by atoms with van der Waals surface area (Å²) in [5.74, 6) is -2.50. The average molecular weight is 358 g/mol. The highest BCUT2D eigenvalue weighted by Gasteiger charge is 1.81. The third-order valence-corrected chi connectivity index (χ3v) is 0.947. The molecule has 10 heteroatoms. The summed E-state index contributed by atoms with van der Waals surface area (Å²) < 4.78 is 10.0. The quantitative estimate of drug-likeness (QED) is 0.412. The van der Waals surface area contributed by atoms with Gasteiger partial charge in [-0.2, -0.15) is 0 Å². The van der Waals surface area contributed by atoms with Crippen LogP contribution >= 0.6 is 0 Å². The maximum Gasteiger partial charge on any atom is 0.300 e. The lowest BCUT2D eigenvalue weighted by Gasteiger charge is -1.99. The van der Waals surface area contributed by atoms with Crippen molar-refractivity contribution in [1.29, 1.82) is 0 Å². The minimum atomic E-state index is -0.833. The van der Waals surface area contributed by atoms with E-state index >= 15 is 0 Å². The van der Waals surface area contributed by atoms with Crippen LogP contribution in [0.5, 0.6) is 0 Å². The minimum Gasteiger partial charge on any atom is -0.481 e. The van der Waals surface area contributed by atoms with Crippen molar-refractivity contribution in [3.8, 4) is 0 Å². The Morgan fingerprint density at radius 1 is 0.708 bits per heavy atom. The smallest absolute Gasteiger partial charge is 0.300 e. The number of hydrogen-bond acceptors (Lipinski definition) is 7. The molecule has 7 N–H and O–H groups in total. The Labute approximate surface area is 143 Å². The highest BCUT2D eigenvalue weighted by Crippen LogP contribution is 1.75. The van der Waals surface area contributed by atoms with Gasteiger partial charge in [-0.15, -0.1) is 0 Å². The van der Waals surface area contributed by atoms with Gasteiger partial charge in [0.25, 0.3) is 17.9 Å². The summed E-state index contributed by atoms with van der Waals surface area (Å²) in [5, 5.41) is 22.2. The van der Waals surface area contributed by atoms with Crippen LogP contribution in [0.15, 0.2) is 0 Å². The second-order valence-corrected chi connectivity index (χ2v) is 3.53. The van der Waals surface area contributed by atoms with E-state index in [1.165, 1.54) is 0 Å². The summed E-state index contributed by atoms with van der Waals surface area (Å²) in [7, 11) is 0. The van der Waals surface area contributed by atoms with Crippen molar-refractivity contribution in [1.82, 2.24) is 0 Å². The second-order valence-electron chi connectivity index (χ2n) is 3.53. The van der Waals surface area contributed by atoms with Crippen LogP contribution in [0.3, 0.4) is 0 Å². The van der Waals surface area contributed by atoms with Gasteiger partial charge in [0.15, 0.2) is 0 Å². The zero-order chi connectivity index (χ0) is 20.4. The summed E-state index contributed by atoms with van der Waals surface area (Å²) >= 11 is 0. The Balaban J connectivity index is -0.0000000657. The molecule has 0 aromatic heterocycles. The van der Waals surface area contributed by atoms with Gasteiger partial charge in [0.05, 0.1) is 13.2 Å². The van der Waals surface area contributed by atoms with Gasteiger partial charge in [0.2, 0.25) is 0 Å². The zero-order valence-corrected chi connectivity index (χ0v) is 15.3. The third kappa shape index (κ3) is 415. The van der Waals surface area contributed by atoms with Crippen LogP contribution in [0.1, 0.15) is 34.6 Å². The van der Waals surface area contributed by atoms with Gasteiger partial charge >= 0.3 is 0 Å². The maximum atomic E-state index is 9.00. The molecule has 0 unspecified atom stereocenters. The van der Waals surface area contributed by atoms with Crippen molar-refractivity contribution in [2.75, 3.05) is 39.5 Å². The predicted octanol–water partition coefficient (Wildman–Crippen LogP) is 0.236. The number of nitrogens with two attached hydrogens (primary N) is 2. The normalized spacial score (nSPS) is 7.62. The fraction of sp³-hybridized carbons (Fsp3) is 0.786. The lowest BCUT2D eigenvalue weighted by molar-refractivity contribution is -0.135. The van der Waals surface area contributed by atoms with E-state index in [9.17, 15) is 0 Å². The molecule has 0 atom stereocenters. The molecule has 0 spiro atoms. The van der Waals surface area contributed by atoms with Gasteiger partial charge in [0, 0.05) is 47.1 Å². The van der Waals surface area contributed by atoms with Crippen molar-refractivity contribution in [2.24, 2.45) is 11.5 Å². The molecule has 0 saturated heterocycles. The number of ether oxygens (including phenoxy) is 2. The molecule has 24 heavy (non-hydrogen) atoms. The molecular weight excluding hydrogens is 324 g/mol. The van der Waals surface area contributed by atoms with Gasteiger partial charge in [-0.1, -0.05) is 0 Å². The van der Waals surface area contributed by atoms with Gasteiger partial charge in [-0.05, 0) is 13.8 Å². The first-order chi connectivity index (χ1) is 11.0. The van der Waals surface area contributed by atoms with Crippen LogP contribution in [-0.4, -0.2) is 72.7 Å². The highest BCUT2D eigenvalue weighted by molar-refractivity contribution is 5.63. The Bertz CT molecular complexity index is 215. The van der Waals surface area contributed by atoms with Crippen molar-refractivity contribution >= 4 is 17.9 Å². The first kappa shape index (κ1) is 33.8. The number of carboxylic acids is 3. The largest absolute Gasteiger partial charge is 0.481 e. The van der Waals surface area contributed by atoms with E-state index in [1.54, 1.807) is 0 Å². The van der Waals surface area contributed by atoms with Crippen molar-refractivity contribution in [3.05, 3.63) is 0 Å². The molecule has 0 rings (SSSR count). The van der Waals surface area contributed by atoms with Gasteiger partial charge in [-0.3, -0.25) is 14.4 Å². The molecule has 10 nitrogen and oxygen atoms in total. The molecule has 0 aliphatic heterocycles. The van der Waals surface area contributed by atoms with E-state index in [1.807, 2.05) is 13.8 Å². The fourth-order valence-electron chi connectivity index (χ4n) is 0.407. The van der Waals surface area contributed by atoms with Crippen LogP contribution in [0, 0.1) is 0 Å². The topological polar surface area (TPSA) is 182 Å². The molecule has 0 amide bonds. The Kier molecular flexibility index (Phi) is 52.7. The Morgan fingerprint density at radius 2 is 0.875 bits per heavy atom. The number of aliphatic carboxylic acids is 3. The first-order valence-electron chi connectivity index (χ1n) is 7.17. The molecule has 0 fully saturated rings. The molecule has 0 heterocycles. The fourth-order valence-corrected chi connectivity index (χ4v) is 0.407. The average Bonchev–Trinajstić information content (AvgIpc) is 2.42. The molecule has 0 saturated carbocycles. The molecule has 0 aliphatic rings. The van der Waals surface area contributed by atoms with E-state index in [-0.39, 0.29) is 0 Å². The predicted molar refractivity (Wildman–Crippen MR) is 91.0 cm³/mol. The van der Waals surface area contributed by atoms with E-state index < -0.39 is 17.9 Å². The van der Waals surface area contributed by atoms with E-state index in [4.69, 9.17) is 50.6 Å². The summed E-state index contributed by atoms with van der Waals surface area (Å²) in [6.45, 7) is 11.4. The maximum absolute atomic E-state index is 9.00. The Hall–Kier alpha value is -1.75. The summed E-state index contributed by atoms with van der Waals surface area (Å²) in [6, 6.07) is 0. The molecule has 148 valence electrons. The van der Waals surface area contributed by atoms with Crippen molar-refractivity contribution in [2.45, 2.75) is 34.6 Å². The minimum absolute atomic E-state index is 0.597. The van der Waals surface area contributed by atoms with Crippen LogP contribution in [0.4, 0.5) is 0 Å². The van der Waals surface area contributed by atoms with Crippen LogP contribution in [0.2, 0.25) is 0 Å². The summed E-state index contributed by atoms with van der Waals surface area (Å²) in [5.41, 5.74) is 9.81. The molecule has 0 radical (unpaired) electrons. The lowest BCUT2D eigenvalue weighted by atomic mass is 10.7. The number of carboxylic acid groups (broad SMARTS) is 3. The molecule has 0 aromatic rings. The van der Waals surface area contributed by atoms with Crippen LogP contribution in [0.25, 0.3) is 0 Å². The standard InChI is InChI=1S/C6H14O2.C2H8N2.3C2H4O2/c1-3-7-5-6-8-4-2;3-1-2-4;3*1-2(3)4/h3-6H2,1-2H3;1-4H2;3*1H3,(H,3,4). The van der Waals surface area contributed by atoms with Crippen LogP contribution in [-0.2, 0) is 23.9 Å². The van der Waals surface area contributed by atoms with E-state index in [2.05, 4.69) is 0 Å². The highest BCUT2D eigenvalue weighted by atomic mass is 16.5. The summed E-state index contributed by atoms with van der Waals surface area (Å²) in [6.07, 6.45) is 0. The Morgan fingerprint density at radius 3 is 0.958 bits per heavy atom. The van der Waals surface area contributed by atoms with E-state index in [0.717, 1.165) is 47.2 Å². The summed E-state index contributed by atoms with van der Waals surface area (Å²) in [4.78, 5) is 27.0. The zero-order valence-electron chi connectivity index (χ0n) is 15.3. The number of hydrogen-bond donors (Lipinski definition) is 5. The van der Waals surface area contributed by atoms with Crippen molar-refractivity contribution in [3.63, 3.8) is 0 Å². The lowest BCUT2D eigenvalue weighted by Crippen LogP contribution is -2.11. The number of rotatable bonds is 6. The monoisotopic (exact) mass is 358 g/mol. The van der Waals surface area contributed by atoms with Crippen molar-refractivity contribution < 1.29 is 39.2 Å². The van der Waals surface area contributed by atoms with E-state index in [0.29, 0.717) is 13.1 Å². The van der Waals surface area contributed by atoms with Crippen LogP contribution < -0.4 is 11.5 Å². The molecule has 0 bridgehead atoms. The van der Waals surface area contributed by atoms with Gasteiger partial charge in [-0.25, -0.2) is 0 Å². The molecule has 0 aromatic carbocycles. The SMILES string of the molecule is CC(=O)O.CC(=O)O.CC(=O)O.CCOCCOCC.NCCN. The van der Waals surface area contributed by atoms with Gasteiger partial charge in [0.1, 0.15) is 0 Å². The molecular formula is C14H34N2O8. The number of carbonyl (C=O) groups is 3.